The lowest BCUT2D eigenvalue weighted by Gasteiger charge is -2.11. The van der Waals surface area contributed by atoms with E-state index in [1.807, 2.05) is 60.7 Å². The van der Waals surface area contributed by atoms with Gasteiger partial charge >= 0.3 is 0 Å². The molecule has 0 aliphatic carbocycles. The fraction of sp³-hybridized carbons (Fsp3) is 0.0612. The van der Waals surface area contributed by atoms with Crippen LogP contribution in [0.4, 0.5) is 0 Å². The van der Waals surface area contributed by atoms with Crippen LogP contribution in [-0.4, -0.2) is 0 Å². The molecule has 252 valence electrons. The van der Waals surface area contributed by atoms with Crippen molar-refractivity contribution in [3.8, 4) is 22.3 Å². The highest BCUT2D eigenvalue weighted by Gasteiger charge is 2.16. The molecule has 1 aromatic heterocycles. The molecule has 9 rings (SSSR count). The predicted molar refractivity (Wildman–Crippen MR) is 221 cm³/mol. The van der Waals surface area contributed by atoms with E-state index in [4.69, 9.17) is 15.9 Å². The Morgan fingerprint density at radius 3 is 1.88 bits per heavy atom. The van der Waals surface area contributed by atoms with Crippen molar-refractivity contribution in [3.63, 3.8) is 0 Å². The Morgan fingerprint density at radius 1 is 0.538 bits per heavy atom. The monoisotopic (exact) mass is 672 g/mol. The summed E-state index contributed by atoms with van der Waals surface area (Å²) in [5, 5.41) is 7.38. The first-order valence-corrected chi connectivity index (χ1v) is 17.8. The van der Waals surface area contributed by atoms with E-state index in [9.17, 15) is 0 Å². The fourth-order valence-corrected chi connectivity index (χ4v) is 7.16. The average Bonchev–Trinajstić information content (AvgIpc) is 3.60. The van der Waals surface area contributed by atoms with E-state index in [0.717, 1.165) is 33.2 Å². The molecule has 1 heterocycles. The highest BCUT2D eigenvalue weighted by atomic mass is 16.3. The molecular weight excluding hydrogens is 633 g/mol. The zero-order chi connectivity index (χ0) is 35.4. The molecule has 0 aliphatic rings. The van der Waals surface area contributed by atoms with Crippen molar-refractivity contribution < 1.29 is 4.42 Å². The smallest absolute Gasteiger partial charge is 0.135 e. The number of benzene rings is 8. The van der Waals surface area contributed by atoms with Gasteiger partial charge in [0.1, 0.15) is 11.2 Å². The third-order valence-electron chi connectivity index (χ3n) is 9.93. The van der Waals surface area contributed by atoms with Gasteiger partial charge in [-0.15, -0.1) is 0 Å². The largest absolute Gasteiger partial charge is 0.456 e. The predicted octanol–water partition coefficient (Wildman–Crippen LogP) is 12.5. The highest BCUT2D eigenvalue weighted by molar-refractivity contribution is 6.09. The van der Waals surface area contributed by atoms with Crippen molar-refractivity contribution in [3.05, 3.63) is 199 Å². The van der Waals surface area contributed by atoms with E-state index in [0.29, 0.717) is 6.54 Å². The van der Waals surface area contributed by atoms with E-state index in [-0.39, 0.29) is 5.92 Å². The van der Waals surface area contributed by atoms with E-state index in [1.54, 1.807) is 0 Å². The van der Waals surface area contributed by atoms with Gasteiger partial charge in [-0.05, 0) is 84.8 Å². The zero-order valence-electron chi connectivity index (χ0n) is 29.2. The Kier molecular flexibility index (Phi) is 9.10. The first-order valence-electron chi connectivity index (χ1n) is 17.8. The SMILES string of the molecule is CC(/C=C(\N)c1ccccc1)c1cccc2oc3ccc(-c4ccc(-c5ccc6c(ccc7ccccc76)c5)cc4)cc3c12.NCc1ccccc1. The lowest BCUT2D eigenvalue weighted by Crippen LogP contribution is -2.00. The molecule has 52 heavy (non-hydrogen) atoms. The summed E-state index contributed by atoms with van der Waals surface area (Å²) >= 11 is 0. The van der Waals surface area contributed by atoms with Gasteiger partial charge in [0.15, 0.2) is 0 Å². The van der Waals surface area contributed by atoms with Crippen LogP contribution in [0.15, 0.2) is 186 Å². The Balaban J connectivity index is 0.000000430. The molecule has 0 fully saturated rings. The number of nitrogens with two attached hydrogens (primary N) is 2. The third kappa shape index (κ3) is 6.58. The average molecular weight is 673 g/mol. The summed E-state index contributed by atoms with van der Waals surface area (Å²) in [6.07, 6.45) is 2.14. The van der Waals surface area contributed by atoms with Gasteiger partial charge in [-0.25, -0.2) is 0 Å². The molecule has 0 bridgehead atoms. The van der Waals surface area contributed by atoms with Gasteiger partial charge < -0.3 is 15.9 Å². The van der Waals surface area contributed by atoms with Crippen LogP contribution in [-0.2, 0) is 6.54 Å². The Morgan fingerprint density at radius 2 is 1.15 bits per heavy atom. The molecule has 0 saturated carbocycles. The second-order valence-corrected chi connectivity index (χ2v) is 13.3. The van der Waals surface area contributed by atoms with Crippen LogP contribution in [0.5, 0.6) is 0 Å². The zero-order valence-corrected chi connectivity index (χ0v) is 29.2. The van der Waals surface area contributed by atoms with E-state index in [2.05, 4.69) is 128 Å². The molecule has 0 aliphatic heterocycles. The number of hydrogen-bond donors (Lipinski definition) is 2. The van der Waals surface area contributed by atoms with Crippen molar-refractivity contribution in [1.82, 2.24) is 0 Å². The molecule has 0 saturated heterocycles. The van der Waals surface area contributed by atoms with Crippen LogP contribution >= 0.6 is 0 Å². The van der Waals surface area contributed by atoms with Crippen molar-refractivity contribution in [2.45, 2.75) is 19.4 Å². The van der Waals surface area contributed by atoms with Crippen LogP contribution in [0.2, 0.25) is 0 Å². The first-order chi connectivity index (χ1) is 25.6. The maximum Gasteiger partial charge on any atom is 0.135 e. The standard InChI is InChI=1S/C42H31NO.C7H9N/c1-27(24-39(43)31-9-3-2-4-10-31)35-12-7-13-41-42(35)38-26-33(21-23-40(38)44-41)29-16-14-28(15-17-29)32-20-22-37-34(25-32)19-18-30-8-5-6-11-36(30)37;8-6-7-4-2-1-3-5-7/h2-27H,43H2,1H3;1-5H,6,8H2/b39-24-;. The minimum Gasteiger partial charge on any atom is -0.456 e. The van der Waals surface area contributed by atoms with Crippen molar-refractivity contribution in [1.29, 1.82) is 0 Å². The van der Waals surface area contributed by atoms with Gasteiger partial charge in [0, 0.05) is 28.9 Å². The molecule has 4 N–H and O–H groups in total. The molecule has 9 aromatic rings. The van der Waals surface area contributed by atoms with Crippen LogP contribution in [0.3, 0.4) is 0 Å². The normalized spacial score (nSPS) is 12.2. The minimum atomic E-state index is 0.114. The van der Waals surface area contributed by atoms with Crippen LogP contribution in [0.25, 0.3) is 71.4 Å². The van der Waals surface area contributed by atoms with Crippen LogP contribution in [0.1, 0.15) is 29.5 Å². The summed E-state index contributed by atoms with van der Waals surface area (Å²) in [6, 6.07) is 61.6. The number of furan rings is 1. The van der Waals surface area contributed by atoms with Crippen LogP contribution < -0.4 is 11.5 Å². The molecule has 1 atom stereocenters. The molecule has 1 unspecified atom stereocenters. The molecule has 3 nitrogen and oxygen atoms in total. The van der Waals surface area contributed by atoms with Crippen molar-refractivity contribution in [2.75, 3.05) is 0 Å². The highest BCUT2D eigenvalue weighted by Crippen LogP contribution is 2.38. The van der Waals surface area contributed by atoms with Gasteiger partial charge in [-0.1, -0.05) is 165 Å². The molecule has 8 aromatic carbocycles. The molecule has 0 radical (unpaired) electrons. The molecule has 3 heteroatoms. The topological polar surface area (TPSA) is 65.2 Å². The van der Waals surface area contributed by atoms with Gasteiger partial charge in [0.05, 0.1) is 0 Å². The van der Waals surface area contributed by atoms with E-state index >= 15 is 0 Å². The summed E-state index contributed by atoms with van der Waals surface area (Å²) < 4.78 is 6.31. The lowest BCUT2D eigenvalue weighted by atomic mass is 9.93. The van der Waals surface area contributed by atoms with E-state index in [1.165, 1.54) is 54.9 Å². The summed E-state index contributed by atoms with van der Waals surface area (Å²) in [5.74, 6) is 0.114. The molecule has 0 spiro atoms. The maximum absolute atomic E-state index is 6.51. The van der Waals surface area contributed by atoms with Gasteiger partial charge in [0.2, 0.25) is 0 Å². The number of fused-ring (bicyclic) bond motifs is 6. The fourth-order valence-electron chi connectivity index (χ4n) is 7.16. The summed E-state index contributed by atoms with van der Waals surface area (Å²) in [7, 11) is 0. The van der Waals surface area contributed by atoms with Gasteiger partial charge in [-0.3, -0.25) is 0 Å². The third-order valence-corrected chi connectivity index (χ3v) is 9.93. The molecule has 0 amide bonds. The first kappa shape index (κ1) is 32.8. The van der Waals surface area contributed by atoms with E-state index < -0.39 is 0 Å². The quantitative estimate of drug-likeness (QED) is 0.173. The number of allylic oxidation sites excluding steroid dienone is 1. The Hall–Kier alpha value is -6.42. The maximum atomic E-state index is 6.51. The Bertz CT molecular complexity index is 2670. The second kappa shape index (κ2) is 14.4. The second-order valence-electron chi connectivity index (χ2n) is 13.3. The molecular formula is C49H40N2O. The van der Waals surface area contributed by atoms with Crippen molar-refractivity contribution in [2.24, 2.45) is 11.5 Å². The summed E-state index contributed by atoms with van der Waals surface area (Å²) in [4.78, 5) is 0. The van der Waals surface area contributed by atoms with Gasteiger partial charge in [0.25, 0.3) is 0 Å². The van der Waals surface area contributed by atoms with Crippen molar-refractivity contribution >= 4 is 49.2 Å². The van der Waals surface area contributed by atoms with Gasteiger partial charge in [-0.2, -0.15) is 0 Å². The minimum absolute atomic E-state index is 0.114. The Labute approximate surface area is 304 Å². The summed E-state index contributed by atoms with van der Waals surface area (Å²) in [5.41, 5.74) is 22.6. The summed E-state index contributed by atoms with van der Waals surface area (Å²) in [6.45, 7) is 2.84. The number of hydrogen-bond acceptors (Lipinski definition) is 3. The van der Waals surface area contributed by atoms with Crippen LogP contribution in [0, 0.1) is 0 Å². The number of rotatable bonds is 6. The lowest BCUT2D eigenvalue weighted by molar-refractivity contribution is 0.668.